The van der Waals surface area contributed by atoms with Crippen molar-refractivity contribution in [1.82, 2.24) is 9.13 Å². The van der Waals surface area contributed by atoms with Crippen LogP contribution >= 0.6 is 0 Å². The lowest BCUT2D eigenvalue weighted by atomic mass is 9.92. The summed E-state index contributed by atoms with van der Waals surface area (Å²) in [6, 6.07) is 29.0. The first kappa shape index (κ1) is 16.8. The zero-order valence-corrected chi connectivity index (χ0v) is 15.7. The fraction of sp³-hybridized carbons (Fsp3) is 0.160. The van der Waals surface area contributed by atoms with Crippen molar-refractivity contribution in [1.29, 1.82) is 0 Å². The van der Waals surface area contributed by atoms with E-state index in [4.69, 9.17) is 0 Å². The van der Waals surface area contributed by atoms with E-state index >= 15 is 0 Å². The Morgan fingerprint density at radius 2 is 1.21 bits per heavy atom. The summed E-state index contributed by atoms with van der Waals surface area (Å²) in [6.07, 6.45) is 1.88. The number of hydrogen-bond donors (Lipinski definition) is 0. The summed E-state index contributed by atoms with van der Waals surface area (Å²) in [5.41, 5.74) is 7.15. The monoisotopic (exact) mass is 366 g/mol. The molecule has 0 N–H and O–H groups in total. The van der Waals surface area contributed by atoms with Crippen molar-refractivity contribution in [3.63, 3.8) is 0 Å². The number of imidazole rings is 1. The molecule has 0 radical (unpaired) electrons. The summed E-state index contributed by atoms with van der Waals surface area (Å²) in [5.74, 6) is 0. The zero-order valence-electron chi connectivity index (χ0n) is 15.7. The molecule has 0 bridgehead atoms. The summed E-state index contributed by atoms with van der Waals surface area (Å²) in [4.78, 5) is 13.5. The predicted octanol–water partition coefficient (Wildman–Crippen LogP) is 4.51. The van der Waals surface area contributed by atoms with Gasteiger partial charge in [0.25, 0.3) is 0 Å². The molecule has 1 heterocycles. The third-order valence-electron chi connectivity index (χ3n) is 5.60. The average Bonchev–Trinajstić information content (AvgIpc) is 3.01. The van der Waals surface area contributed by atoms with Gasteiger partial charge in [0.05, 0.1) is 18.8 Å². The highest BCUT2D eigenvalue weighted by Gasteiger charge is 2.26. The topological polar surface area (TPSA) is 26.9 Å². The highest BCUT2D eigenvalue weighted by molar-refractivity contribution is 5.69. The Labute approximate surface area is 164 Å². The van der Waals surface area contributed by atoms with Crippen molar-refractivity contribution >= 4 is 0 Å². The maximum absolute atomic E-state index is 13.5. The second-order valence-electron chi connectivity index (χ2n) is 7.38. The van der Waals surface area contributed by atoms with Crippen molar-refractivity contribution in [2.24, 2.45) is 0 Å². The quantitative estimate of drug-likeness (QED) is 0.522. The molecule has 5 rings (SSSR count). The van der Waals surface area contributed by atoms with E-state index in [1.807, 2.05) is 45.5 Å². The average molecular weight is 366 g/mol. The number of nitrogens with zero attached hydrogens (tertiary/aromatic N) is 2. The van der Waals surface area contributed by atoms with Crippen LogP contribution in [0.4, 0.5) is 0 Å². The minimum atomic E-state index is 0.0782. The molecule has 0 saturated heterocycles. The minimum Gasteiger partial charge on any atom is -0.291 e. The van der Waals surface area contributed by atoms with Crippen LogP contribution in [0.3, 0.4) is 0 Å². The molecule has 3 nitrogen and oxygen atoms in total. The van der Waals surface area contributed by atoms with Gasteiger partial charge in [0.2, 0.25) is 0 Å². The van der Waals surface area contributed by atoms with Gasteiger partial charge < -0.3 is 0 Å². The van der Waals surface area contributed by atoms with Gasteiger partial charge in [-0.2, -0.15) is 0 Å². The zero-order chi connectivity index (χ0) is 18.9. The molecule has 1 aromatic heterocycles. The van der Waals surface area contributed by atoms with Gasteiger partial charge in [-0.05, 0) is 29.5 Å². The molecule has 3 heteroatoms. The van der Waals surface area contributed by atoms with E-state index in [1.54, 1.807) is 0 Å². The Bertz CT molecular complexity index is 1170. The van der Waals surface area contributed by atoms with Crippen LogP contribution < -0.4 is 5.69 Å². The fourth-order valence-corrected chi connectivity index (χ4v) is 4.26. The van der Waals surface area contributed by atoms with E-state index < -0.39 is 0 Å². The maximum atomic E-state index is 13.5. The van der Waals surface area contributed by atoms with Crippen molar-refractivity contribution in [2.45, 2.75) is 25.9 Å². The third kappa shape index (κ3) is 2.89. The molecule has 0 aliphatic heterocycles. The van der Waals surface area contributed by atoms with Crippen molar-refractivity contribution in [3.8, 4) is 11.3 Å². The number of fused-ring (bicyclic) bond motifs is 3. The summed E-state index contributed by atoms with van der Waals surface area (Å²) < 4.78 is 3.94. The van der Waals surface area contributed by atoms with Gasteiger partial charge in [-0.3, -0.25) is 9.13 Å². The van der Waals surface area contributed by atoms with Crippen LogP contribution in [0.25, 0.3) is 11.3 Å². The highest BCUT2D eigenvalue weighted by Crippen LogP contribution is 2.33. The van der Waals surface area contributed by atoms with E-state index in [0.29, 0.717) is 13.1 Å². The molecule has 1 aliphatic rings. The molecule has 0 unspecified atom stereocenters. The van der Waals surface area contributed by atoms with Gasteiger partial charge in [0.15, 0.2) is 0 Å². The predicted molar refractivity (Wildman–Crippen MR) is 113 cm³/mol. The minimum absolute atomic E-state index is 0.0782. The number of hydrogen-bond acceptors (Lipinski definition) is 1. The first-order valence-electron chi connectivity index (χ1n) is 9.79. The number of rotatable bonds is 4. The Morgan fingerprint density at radius 3 is 1.89 bits per heavy atom. The van der Waals surface area contributed by atoms with Crippen molar-refractivity contribution in [3.05, 3.63) is 118 Å². The van der Waals surface area contributed by atoms with E-state index in [0.717, 1.165) is 35.4 Å². The molecule has 0 saturated carbocycles. The lowest BCUT2D eigenvalue weighted by Crippen LogP contribution is -2.26. The molecule has 138 valence electrons. The van der Waals surface area contributed by atoms with Crippen molar-refractivity contribution in [2.75, 3.05) is 0 Å². The van der Waals surface area contributed by atoms with Crippen LogP contribution in [0.2, 0.25) is 0 Å². The molecule has 0 fully saturated rings. The van der Waals surface area contributed by atoms with Crippen molar-refractivity contribution < 1.29 is 0 Å². The molecule has 0 spiro atoms. The summed E-state index contributed by atoms with van der Waals surface area (Å²) in [6.45, 7) is 1.21. The summed E-state index contributed by atoms with van der Waals surface area (Å²) in [7, 11) is 0. The first-order chi connectivity index (χ1) is 13.8. The van der Waals surface area contributed by atoms with Gasteiger partial charge in [-0.15, -0.1) is 0 Å². The largest absolute Gasteiger partial charge is 0.329 e. The lowest BCUT2D eigenvalue weighted by molar-refractivity contribution is 0.668. The lowest BCUT2D eigenvalue weighted by Gasteiger charge is -2.19. The van der Waals surface area contributed by atoms with Crippen LogP contribution in [0.5, 0.6) is 0 Å². The molecule has 0 atom stereocenters. The van der Waals surface area contributed by atoms with Gasteiger partial charge in [0.1, 0.15) is 0 Å². The van der Waals surface area contributed by atoms with Gasteiger partial charge in [0, 0.05) is 11.3 Å². The van der Waals surface area contributed by atoms with Crippen LogP contribution in [-0.4, -0.2) is 9.13 Å². The molecule has 4 aromatic rings. The normalized spacial score (nSPS) is 12.4. The highest BCUT2D eigenvalue weighted by atomic mass is 16.1. The third-order valence-corrected chi connectivity index (χ3v) is 5.60. The molecular formula is C25H22N2O. The Kier molecular flexibility index (Phi) is 4.21. The second-order valence-corrected chi connectivity index (χ2v) is 7.38. The standard InChI is InChI=1S/C25H22N2O/c28-25-26(17-19-9-3-1-4-10-19)23-16-15-21-13-7-8-14-22(21)24(23)27(25)18-20-11-5-2-6-12-20/h1-14H,15-18H2. The van der Waals surface area contributed by atoms with E-state index in [9.17, 15) is 4.79 Å². The van der Waals surface area contributed by atoms with E-state index in [1.165, 1.54) is 11.1 Å². The molecule has 0 amide bonds. The first-order valence-corrected chi connectivity index (χ1v) is 9.79. The molecule has 1 aliphatic carbocycles. The Balaban J connectivity index is 1.69. The van der Waals surface area contributed by atoms with Gasteiger partial charge in [-0.1, -0.05) is 84.9 Å². The smallest absolute Gasteiger partial charge is 0.291 e. The number of aryl methyl sites for hydroxylation is 1. The fourth-order valence-electron chi connectivity index (χ4n) is 4.26. The number of aromatic nitrogens is 2. The summed E-state index contributed by atoms with van der Waals surface area (Å²) >= 11 is 0. The van der Waals surface area contributed by atoms with Crippen LogP contribution in [0, 0.1) is 0 Å². The Hall–Kier alpha value is -3.33. The van der Waals surface area contributed by atoms with Crippen LogP contribution in [0.1, 0.15) is 22.4 Å². The van der Waals surface area contributed by atoms with Crippen LogP contribution in [0.15, 0.2) is 89.7 Å². The summed E-state index contributed by atoms with van der Waals surface area (Å²) in [5, 5.41) is 0. The number of benzene rings is 3. The second kappa shape index (κ2) is 7.01. The molecule has 28 heavy (non-hydrogen) atoms. The van der Waals surface area contributed by atoms with Gasteiger partial charge in [-0.25, -0.2) is 4.79 Å². The van der Waals surface area contributed by atoms with Gasteiger partial charge >= 0.3 is 5.69 Å². The SMILES string of the molecule is O=c1n(Cc2ccccc2)c2c(n1Cc1ccccc1)-c1ccccc1CC2. The Morgan fingerprint density at radius 1 is 0.643 bits per heavy atom. The van der Waals surface area contributed by atoms with Crippen LogP contribution in [-0.2, 0) is 25.9 Å². The molecule has 3 aromatic carbocycles. The van der Waals surface area contributed by atoms with E-state index in [2.05, 4.69) is 48.5 Å². The maximum Gasteiger partial charge on any atom is 0.329 e. The van der Waals surface area contributed by atoms with E-state index in [-0.39, 0.29) is 5.69 Å². The molecular weight excluding hydrogens is 344 g/mol.